The Labute approximate surface area is 197 Å². The van der Waals surface area contributed by atoms with Gasteiger partial charge in [0.2, 0.25) is 5.95 Å². The summed E-state index contributed by atoms with van der Waals surface area (Å²) in [5.74, 6) is 3.32. The van der Waals surface area contributed by atoms with Crippen molar-refractivity contribution in [2.75, 3.05) is 36.6 Å². The Morgan fingerprint density at radius 1 is 1.15 bits per heavy atom. The number of benzene rings is 1. The van der Waals surface area contributed by atoms with Crippen LogP contribution in [-0.2, 0) is 0 Å². The van der Waals surface area contributed by atoms with Gasteiger partial charge in [0.25, 0.3) is 0 Å². The van der Waals surface area contributed by atoms with Crippen LogP contribution in [0.1, 0.15) is 26.7 Å². The average Bonchev–Trinajstić information content (AvgIpc) is 3.61. The van der Waals surface area contributed by atoms with Crippen LogP contribution in [-0.4, -0.2) is 61.7 Å². The molecule has 0 spiro atoms. The number of aliphatic hydroxyl groups excluding tert-OH is 1. The lowest BCUT2D eigenvalue weighted by Crippen LogP contribution is -2.34. The fourth-order valence-electron chi connectivity index (χ4n) is 4.28. The lowest BCUT2D eigenvalue weighted by molar-refractivity contribution is 0.265. The summed E-state index contributed by atoms with van der Waals surface area (Å²) >= 11 is 0. The van der Waals surface area contributed by atoms with Gasteiger partial charge in [0.15, 0.2) is 17.3 Å². The molecule has 1 saturated heterocycles. The first kappa shape index (κ1) is 22.0. The highest BCUT2D eigenvalue weighted by Gasteiger charge is 2.27. The summed E-state index contributed by atoms with van der Waals surface area (Å²) < 4.78 is 15.1. The number of fused-ring (bicyclic) bond motifs is 1. The van der Waals surface area contributed by atoms with E-state index in [-0.39, 0.29) is 12.6 Å². The number of aliphatic hydroxyl groups is 1. The fraction of sp³-hybridized carbons (Fsp3) is 0.375. The van der Waals surface area contributed by atoms with Crippen LogP contribution in [0.15, 0.2) is 49.1 Å². The predicted molar refractivity (Wildman–Crippen MR) is 130 cm³/mol. The molecule has 0 bridgehead atoms. The molecule has 4 heterocycles. The maximum atomic E-state index is 9.74. The molecule has 0 amide bonds. The van der Waals surface area contributed by atoms with Gasteiger partial charge >= 0.3 is 0 Å². The first-order valence-electron chi connectivity index (χ1n) is 11.6. The number of imidazole rings is 1. The number of aromatic nitrogens is 5. The van der Waals surface area contributed by atoms with Crippen LogP contribution in [0, 0.1) is 0 Å². The second-order valence-electron chi connectivity index (χ2n) is 8.06. The van der Waals surface area contributed by atoms with E-state index in [0.717, 1.165) is 36.3 Å². The minimum absolute atomic E-state index is 0.0410. The molecular weight excluding hydrogens is 434 g/mol. The lowest BCUT2D eigenvalue weighted by atomic mass is 10.2. The molecular formula is C24H29N7O3. The molecule has 1 fully saturated rings. The largest absolute Gasteiger partial charge is 0.490 e. The van der Waals surface area contributed by atoms with Gasteiger partial charge in [-0.1, -0.05) is 0 Å². The normalized spacial score (nSPS) is 15.7. The predicted octanol–water partition coefficient (Wildman–Crippen LogP) is 3.42. The molecule has 34 heavy (non-hydrogen) atoms. The number of anilines is 3. The van der Waals surface area contributed by atoms with Crippen LogP contribution in [0.5, 0.6) is 11.5 Å². The maximum Gasteiger partial charge on any atom is 0.245 e. The van der Waals surface area contributed by atoms with E-state index in [2.05, 4.69) is 20.3 Å². The van der Waals surface area contributed by atoms with E-state index in [1.54, 1.807) is 10.8 Å². The number of nitrogens with one attached hydrogen (secondary N) is 1. The van der Waals surface area contributed by atoms with Crippen molar-refractivity contribution in [3.8, 4) is 17.2 Å². The van der Waals surface area contributed by atoms with E-state index in [4.69, 9.17) is 14.5 Å². The average molecular weight is 464 g/mol. The van der Waals surface area contributed by atoms with Crippen molar-refractivity contribution < 1.29 is 14.6 Å². The molecule has 1 unspecified atom stereocenters. The number of nitrogens with zero attached hydrogens (tertiary/aromatic N) is 6. The molecule has 5 rings (SSSR count). The summed E-state index contributed by atoms with van der Waals surface area (Å²) in [5.41, 5.74) is 1.75. The molecule has 2 N–H and O–H groups in total. The third kappa shape index (κ3) is 4.24. The highest BCUT2D eigenvalue weighted by Crippen LogP contribution is 2.31. The number of hydrogen-bond donors (Lipinski definition) is 2. The molecule has 178 valence electrons. The van der Waals surface area contributed by atoms with Crippen LogP contribution in [0.3, 0.4) is 0 Å². The van der Waals surface area contributed by atoms with Gasteiger partial charge in [-0.15, -0.1) is 5.10 Å². The summed E-state index contributed by atoms with van der Waals surface area (Å²) in [6.45, 7) is 5.94. The second kappa shape index (κ2) is 9.60. The van der Waals surface area contributed by atoms with E-state index in [0.29, 0.717) is 36.5 Å². The lowest BCUT2D eigenvalue weighted by Gasteiger charge is -2.23. The van der Waals surface area contributed by atoms with Gasteiger partial charge in [-0.25, -0.2) is 9.50 Å². The van der Waals surface area contributed by atoms with Crippen molar-refractivity contribution in [1.82, 2.24) is 24.1 Å². The van der Waals surface area contributed by atoms with Crippen molar-refractivity contribution in [3.05, 3.63) is 49.1 Å². The van der Waals surface area contributed by atoms with Crippen LogP contribution < -0.4 is 19.7 Å². The van der Waals surface area contributed by atoms with Gasteiger partial charge in [0, 0.05) is 18.8 Å². The smallest absolute Gasteiger partial charge is 0.245 e. The van der Waals surface area contributed by atoms with Gasteiger partial charge in [-0.3, -0.25) is 0 Å². The molecule has 1 atom stereocenters. The topological polar surface area (TPSA) is 102 Å². The molecule has 10 heteroatoms. The molecule has 4 aromatic rings. The summed E-state index contributed by atoms with van der Waals surface area (Å²) in [6, 6.07) is 9.74. The highest BCUT2D eigenvalue weighted by molar-refractivity contribution is 5.73. The van der Waals surface area contributed by atoms with Gasteiger partial charge in [0.1, 0.15) is 17.7 Å². The van der Waals surface area contributed by atoms with E-state index in [1.165, 1.54) is 0 Å². The van der Waals surface area contributed by atoms with E-state index < -0.39 is 0 Å². The van der Waals surface area contributed by atoms with Gasteiger partial charge < -0.3 is 29.4 Å². The molecule has 10 nitrogen and oxygen atoms in total. The van der Waals surface area contributed by atoms with Crippen molar-refractivity contribution in [1.29, 1.82) is 0 Å². The summed E-state index contributed by atoms with van der Waals surface area (Å²) in [4.78, 5) is 11.4. The fourth-order valence-corrected chi connectivity index (χ4v) is 4.28. The second-order valence-corrected chi connectivity index (χ2v) is 8.06. The third-order valence-corrected chi connectivity index (χ3v) is 5.88. The summed E-state index contributed by atoms with van der Waals surface area (Å²) in [7, 11) is 0. The molecule has 1 aliphatic rings. The third-order valence-electron chi connectivity index (χ3n) is 5.88. The van der Waals surface area contributed by atoms with E-state index in [9.17, 15) is 5.11 Å². The molecule has 3 aromatic heterocycles. The van der Waals surface area contributed by atoms with Crippen LogP contribution in [0.25, 0.3) is 11.2 Å². The van der Waals surface area contributed by atoms with Crippen molar-refractivity contribution in [2.45, 2.75) is 32.7 Å². The number of hydrogen-bond acceptors (Lipinski definition) is 8. The first-order valence-corrected chi connectivity index (χ1v) is 11.6. The Bertz CT molecular complexity index is 1270. The summed E-state index contributed by atoms with van der Waals surface area (Å²) in [6.07, 6.45) is 7.48. The minimum Gasteiger partial charge on any atom is -0.490 e. The zero-order chi connectivity index (χ0) is 23.5. The number of rotatable bonds is 9. The quantitative estimate of drug-likeness (QED) is 0.389. The Hall–Kier alpha value is -3.79. The first-order chi connectivity index (χ1) is 16.7. The maximum absolute atomic E-state index is 9.74. The van der Waals surface area contributed by atoms with E-state index in [1.807, 2.05) is 61.1 Å². The Morgan fingerprint density at radius 2 is 2.00 bits per heavy atom. The van der Waals surface area contributed by atoms with Crippen LogP contribution in [0.2, 0.25) is 0 Å². The standard InChI is InChI=1S/C24H29N7O3/c1-3-33-20-10-9-17(13-21(20)34-4-2)29-14-22(25-16-29)26-23-19-8-6-12-31(19)28-24(27-23)30-11-5-7-18(30)15-32/h6,8-10,12-14,16,18,32H,3-5,7,11,15H2,1-2H3,(H,26,27,28). The minimum atomic E-state index is 0.0410. The van der Waals surface area contributed by atoms with Gasteiger partial charge in [-0.2, -0.15) is 4.98 Å². The molecule has 1 aromatic carbocycles. The van der Waals surface area contributed by atoms with Crippen molar-refractivity contribution in [3.63, 3.8) is 0 Å². The molecule has 0 aliphatic carbocycles. The molecule has 0 radical (unpaired) electrons. The van der Waals surface area contributed by atoms with Crippen LogP contribution in [0.4, 0.5) is 17.6 Å². The van der Waals surface area contributed by atoms with Gasteiger partial charge in [0.05, 0.1) is 37.7 Å². The Balaban J connectivity index is 1.43. The SMILES string of the molecule is CCOc1ccc(-n2cnc(Nc3nc(N4CCCC4CO)nn4cccc34)c2)cc1OCC. The van der Waals surface area contributed by atoms with Crippen molar-refractivity contribution >= 4 is 23.1 Å². The number of ether oxygens (including phenoxy) is 2. The highest BCUT2D eigenvalue weighted by atomic mass is 16.5. The van der Waals surface area contributed by atoms with E-state index >= 15 is 0 Å². The van der Waals surface area contributed by atoms with Gasteiger partial charge in [-0.05, 0) is 51.0 Å². The van der Waals surface area contributed by atoms with Crippen molar-refractivity contribution in [2.24, 2.45) is 0 Å². The Morgan fingerprint density at radius 3 is 2.82 bits per heavy atom. The van der Waals surface area contributed by atoms with Crippen LogP contribution >= 0.6 is 0 Å². The molecule has 0 saturated carbocycles. The zero-order valence-electron chi connectivity index (χ0n) is 19.4. The molecule has 1 aliphatic heterocycles. The zero-order valence-corrected chi connectivity index (χ0v) is 19.4. The Kier molecular flexibility index (Phi) is 6.22. The monoisotopic (exact) mass is 463 g/mol. The summed E-state index contributed by atoms with van der Waals surface area (Å²) in [5, 5.41) is 17.7.